The molecule has 0 aliphatic rings. The first-order valence-corrected chi connectivity index (χ1v) is 43.4. The average molecular weight is 1500 g/mol. The fraction of sp³-hybridized carbons (Fsp3) is 0.694. The lowest BCUT2D eigenvalue weighted by Crippen LogP contribution is -2.30. The monoisotopic (exact) mass is 1500 g/mol. The first-order valence-electron chi connectivity index (χ1n) is 40.4. The van der Waals surface area contributed by atoms with Gasteiger partial charge in [0.15, 0.2) is 12.2 Å². The average Bonchev–Trinajstić information content (AvgIpc) is 0.937. The molecule has 0 aromatic heterocycles. The molecule has 0 bridgehead atoms. The zero-order chi connectivity index (χ0) is 76.0. The molecule has 0 saturated carbocycles. The Morgan fingerprint density at radius 2 is 0.510 bits per heavy atom. The van der Waals surface area contributed by atoms with Gasteiger partial charge < -0.3 is 33.8 Å². The summed E-state index contributed by atoms with van der Waals surface area (Å²) in [7, 11) is -9.98. The van der Waals surface area contributed by atoms with Gasteiger partial charge in [0, 0.05) is 25.7 Å². The van der Waals surface area contributed by atoms with Gasteiger partial charge >= 0.3 is 39.5 Å². The topological polar surface area (TPSA) is 237 Å². The third-order valence-corrected chi connectivity index (χ3v) is 18.5. The number of hydrogen-bond donors (Lipinski definition) is 3. The van der Waals surface area contributed by atoms with Crippen LogP contribution in [0, 0.1) is 0 Å². The summed E-state index contributed by atoms with van der Waals surface area (Å²) in [6.07, 6.45) is 85.7. The van der Waals surface area contributed by atoms with Crippen molar-refractivity contribution in [1.82, 2.24) is 0 Å². The van der Waals surface area contributed by atoms with E-state index in [1.54, 1.807) is 0 Å². The van der Waals surface area contributed by atoms with E-state index in [0.29, 0.717) is 32.1 Å². The number of aliphatic hydroxyl groups excluding tert-OH is 1. The van der Waals surface area contributed by atoms with E-state index >= 15 is 0 Å². The number of carbonyl (C=O) groups is 4. The molecule has 0 aliphatic heterocycles. The van der Waals surface area contributed by atoms with Crippen LogP contribution in [-0.2, 0) is 65.4 Å². The zero-order valence-corrected chi connectivity index (χ0v) is 66.9. The van der Waals surface area contributed by atoms with Gasteiger partial charge in [-0.2, -0.15) is 0 Å². The maximum Gasteiger partial charge on any atom is 0.472 e. The Hall–Kier alpha value is -4.80. The van der Waals surface area contributed by atoms with Crippen LogP contribution in [0.4, 0.5) is 0 Å². The predicted molar refractivity (Wildman–Crippen MR) is 427 cm³/mol. The van der Waals surface area contributed by atoms with Crippen molar-refractivity contribution in [3.8, 4) is 0 Å². The third kappa shape index (κ3) is 75.4. The van der Waals surface area contributed by atoms with Gasteiger partial charge in [-0.15, -0.1) is 0 Å². The van der Waals surface area contributed by atoms with E-state index in [-0.39, 0.29) is 25.7 Å². The maximum absolute atomic E-state index is 13.1. The van der Waals surface area contributed by atoms with E-state index in [0.717, 1.165) is 173 Å². The quantitative estimate of drug-likeness (QED) is 0.0169. The second-order valence-electron chi connectivity index (χ2n) is 26.6. The first-order chi connectivity index (χ1) is 50.7. The number of ether oxygens (including phenoxy) is 4. The van der Waals surface area contributed by atoms with Crippen molar-refractivity contribution >= 4 is 39.5 Å². The molecule has 0 aromatic carbocycles. The lowest BCUT2D eigenvalue weighted by Gasteiger charge is -2.21. The van der Waals surface area contributed by atoms with Crippen LogP contribution in [0.1, 0.15) is 323 Å². The summed E-state index contributed by atoms with van der Waals surface area (Å²) in [6.45, 7) is 4.47. The van der Waals surface area contributed by atoms with E-state index in [9.17, 15) is 43.2 Å². The van der Waals surface area contributed by atoms with Crippen LogP contribution in [0.5, 0.6) is 0 Å². The van der Waals surface area contributed by atoms with E-state index in [2.05, 4.69) is 149 Å². The van der Waals surface area contributed by atoms with Crippen molar-refractivity contribution in [1.29, 1.82) is 0 Å². The Morgan fingerprint density at radius 3 is 0.808 bits per heavy atom. The van der Waals surface area contributed by atoms with Crippen LogP contribution in [-0.4, -0.2) is 96.7 Å². The van der Waals surface area contributed by atoms with Crippen molar-refractivity contribution in [3.63, 3.8) is 0 Å². The van der Waals surface area contributed by atoms with Crippen LogP contribution in [0.15, 0.2) is 134 Å². The lowest BCUT2D eigenvalue weighted by atomic mass is 10.0. The lowest BCUT2D eigenvalue weighted by molar-refractivity contribution is -0.161. The minimum absolute atomic E-state index is 0.0695. The highest BCUT2D eigenvalue weighted by molar-refractivity contribution is 7.47. The van der Waals surface area contributed by atoms with Crippen molar-refractivity contribution in [2.75, 3.05) is 39.6 Å². The van der Waals surface area contributed by atoms with E-state index in [4.69, 9.17) is 37.0 Å². The Balaban J connectivity index is 5.42. The molecule has 0 aromatic rings. The summed E-state index contributed by atoms with van der Waals surface area (Å²) in [5.41, 5.74) is 0. The summed E-state index contributed by atoms with van der Waals surface area (Å²) in [6, 6.07) is 0. The number of esters is 4. The minimum Gasteiger partial charge on any atom is -0.462 e. The molecule has 0 heterocycles. The van der Waals surface area contributed by atoms with E-state index < -0.39 is 97.5 Å². The van der Waals surface area contributed by atoms with Gasteiger partial charge in [0.1, 0.15) is 19.3 Å². The summed E-state index contributed by atoms with van der Waals surface area (Å²) in [5.74, 6) is -2.26. The number of unbranched alkanes of at least 4 members (excludes halogenated alkanes) is 27. The van der Waals surface area contributed by atoms with Crippen molar-refractivity contribution < 1.29 is 80.2 Å². The van der Waals surface area contributed by atoms with Crippen LogP contribution in [0.25, 0.3) is 0 Å². The summed E-state index contributed by atoms with van der Waals surface area (Å²) < 4.78 is 68.6. The number of carbonyl (C=O) groups excluding carboxylic acids is 4. The summed E-state index contributed by atoms with van der Waals surface area (Å²) >= 11 is 0. The van der Waals surface area contributed by atoms with Gasteiger partial charge in [0.05, 0.1) is 26.4 Å². The Morgan fingerprint density at radius 1 is 0.279 bits per heavy atom. The highest BCUT2D eigenvalue weighted by atomic mass is 31.2. The number of hydrogen-bond acceptors (Lipinski definition) is 15. The normalized spacial score (nSPS) is 14.6. The number of phosphoric acid groups is 2. The minimum atomic E-state index is -4.99. The largest absolute Gasteiger partial charge is 0.472 e. The predicted octanol–water partition coefficient (Wildman–Crippen LogP) is 23.7. The van der Waals surface area contributed by atoms with Gasteiger partial charge in [0.25, 0.3) is 0 Å². The van der Waals surface area contributed by atoms with Crippen LogP contribution in [0.3, 0.4) is 0 Å². The molecule has 0 saturated heterocycles. The van der Waals surface area contributed by atoms with Crippen molar-refractivity contribution in [3.05, 3.63) is 134 Å². The van der Waals surface area contributed by atoms with Gasteiger partial charge in [-0.3, -0.25) is 37.3 Å². The molecular formula is C85H144O17P2. The molecule has 596 valence electrons. The second-order valence-corrected chi connectivity index (χ2v) is 29.5. The molecule has 0 amide bonds. The fourth-order valence-corrected chi connectivity index (χ4v) is 12.2. The summed E-state index contributed by atoms with van der Waals surface area (Å²) in [4.78, 5) is 73.1. The Labute approximate surface area is 631 Å². The summed E-state index contributed by atoms with van der Waals surface area (Å²) in [5, 5.41) is 10.6. The van der Waals surface area contributed by atoms with E-state index in [1.165, 1.54) is 64.2 Å². The highest BCUT2D eigenvalue weighted by Crippen LogP contribution is 2.45. The van der Waals surface area contributed by atoms with Gasteiger partial charge in [-0.1, -0.05) is 303 Å². The van der Waals surface area contributed by atoms with Crippen LogP contribution >= 0.6 is 15.6 Å². The molecule has 0 aliphatic carbocycles. The van der Waals surface area contributed by atoms with E-state index in [1.807, 2.05) is 12.2 Å². The number of phosphoric ester groups is 2. The standard InChI is InChI=1S/C85H144O17P2/c1-5-9-13-17-21-25-29-33-37-39-43-45-49-53-57-61-65-69-82(87)95-75-80(101-84(89)71-67-63-59-55-51-47-41-35-31-27-23-19-15-11-7-3)77-99-103(91,92)97-73-79(86)74-98-104(93,94)100-78-81(102-85(90)72-68-64-60-56-52-48-42-36-32-28-24-20-16-12-8-4)76-96-83(88)70-66-62-58-54-50-46-44-40-38-34-30-26-22-18-14-10-6-2/h9-11,13-15,21-23,25-27,33-35,37-38,41,44,46,54,58,79-81,86H,5-8,12,16-20,24,28-32,36,39-40,42-43,45,47-53,55-57,59-78H2,1-4H3,(H,91,92)(H,93,94)/b13-9-,14-10-,15-11-,25-21-,26-22-,27-23-,37-33-,38-34-,41-35-,46-44-,58-54-. The van der Waals surface area contributed by atoms with Gasteiger partial charge in [-0.25, -0.2) is 9.13 Å². The molecule has 19 heteroatoms. The highest BCUT2D eigenvalue weighted by Gasteiger charge is 2.30. The zero-order valence-electron chi connectivity index (χ0n) is 65.2. The molecular weight excluding hydrogens is 1350 g/mol. The van der Waals surface area contributed by atoms with Gasteiger partial charge in [0.2, 0.25) is 0 Å². The molecule has 17 nitrogen and oxygen atoms in total. The maximum atomic E-state index is 13.1. The van der Waals surface area contributed by atoms with Crippen LogP contribution in [0.2, 0.25) is 0 Å². The SMILES string of the molecule is CC/C=C\C/C=C\C/C=C\C/C=C\C/C=C\CCCC(=O)OCC(COP(=O)(O)OCC(O)COP(=O)(O)OCC(COC(=O)CCCCCCCCC/C=C\C/C=C\C/C=C\CC)OC(=O)CCCCCCC/C=C\C/C=C\C/C=C\CC)OC(=O)CCCCCCCCCCCCCCCCC. The molecule has 3 N–H and O–H groups in total. The van der Waals surface area contributed by atoms with Crippen LogP contribution < -0.4 is 0 Å². The molecule has 5 unspecified atom stereocenters. The molecule has 0 spiro atoms. The third-order valence-electron chi connectivity index (χ3n) is 16.6. The Kier molecular flexibility index (Phi) is 72.9. The second kappa shape index (κ2) is 76.4. The number of rotatable bonds is 75. The first kappa shape index (κ1) is 99.2. The molecule has 5 atom stereocenters. The Bertz CT molecular complexity index is 2490. The fourth-order valence-electron chi connectivity index (χ4n) is 10.6. The molecule has 0 rings (SSSR count). The van der Waals surface area contributed by atoms with Gasteiger partial charge in [-0.05, 0) is 128 Å². The van der Waals surface area contributed by atoms with Crippen molar-refractivity contribution in [2.45, 2.75) is 341 Å². The smallest absolute Gasteiger partial charge is 0.462 e. The number of allylic oxidation sites excluding steroid dienone is 22. The molecule has 104 heavy (non-hydrogen) atoms. The molecule has 0 fully saturated rings. The van der Waals surface area contributed by atoms with Crippen molar-refractivity contribution in [2.24, 2.45) is 0 Å². The number of aliphatic hydroxyl groups is 1. The molecule has 0 radical (unpaired) electrons.